The SMILES string of the molecule is O=c1cc(C[S@@](=O)CCCC2CCCC2)nc2ccccn12. The van der Waals surface area contributed by atoms with Gasteiger partial charge in [-0.05, 0) is 30.9 Å². The van der Waals surface area contributed by atoms with E-state index in [1.54, 1.807) is 18.3 Å². The summed E-state index contributed by atoms with van der Waals surface area (Å²) in [5.41, 5.74) is 1.15. The molecule has 0 N–H and O–H groups in total. The van der Waals surface area contributed by atoms with Crippen LogP contribution in [0.1, 0.15) is 44.2 Å². The monoisotopic (exact) mass is 318 g/mol. The summed E-state index contributed by atoms with van der Waals surface area (Å²) >= 11 is 0. The van der Waals surface area contributed by atoms with Gasteiger partial charge in [-0.2, -0.15) is 0 Å². The van der Waals surface area contributed by atoms with Crippen LogP contribution in [0.5, 0.6) is 0 Å². The second kappa shape index (κ2) is 7.18. The minimum atomic E-state index is -0.933. The molecule has 2 aromatic rings. The van der Waals surface area contributed by atoms with Gasteiger partial charge in [0.2, 0.25) is 0 Å². The molecule has 0 radical (unpaired) electrons. The van der Waals surface area contributed by atoms with Gasteiger partial charge in [0.1, 0.15) is 5.65 Å². The van der Waals surface area contributed by atoms with Crippen LogP contribution in [-0.4, -0.2) is 19.3 Å². The van der Waals surface area contributed by atoms with Gasteiger partial charge in [-0.15, -0.1) is 0 Å². The zero-order chi connectivity index (χ0) is 15.4. The molecule has 0 aliphatic heterocycles. The van der Waals surface area contributed by atoms with Gasteiger partial charge in [0.25, 0.3) is 5.56 Å². The number of nitrogens with zero attached hydrogens (tertiary/aromatic N) is 2. The molecule has 0 aromatic carbocycles. The Hall–Kier alpha value is -1.49. The van der Waals surface area contributed by atoms with Crippen LogP contribution in [-0.2, 0) is 16.6 Å². The lowest BCUT2D eigenvalue weighted by molar-refractivity contribution is 0.497. The molecule has 0 spiro atoms. The van der Waals surface area contributed by atoms with Crippen LogP contribution in [0, 0.1) is 5.92 Å². The van der Waals surface area contributed by atoms with E-state index in [1.165, 1.54) is 42.6 Å². The van der Waals surface area contributed by atoms with Crippen LogP contribution in [0.15, 0.2) is 35.3 Å². The standard InChI is InChI=1S/C17H22N2O2S/c20-17-12-15(18-16-9-3-4-10-19(16)17)13-22(21)11-5-8-14-6-1-2-7-14/h3-4,9-10,12,14H,1-2,5-8,11,13H2/t22-/m0/s1. The number of hydrogen-bond donors (Lipinski definition) is 0. The Labute approximate surface area is 133 Å². The highest BCUT2D eigenvalue weighted by Gasteiger charge is 2.15. The summed E-state index contributed by atoms with van der Waals surface area (Å²) in [6, 6.07) is 6.96. The molecule has 2 aromatic heterocycles. The van der Waals surface area contributed by atoms with Gasteiger partial charge in [0, 0.05) is 28.8 Å². The van der Waals surface area contributed by atoms with Crippen LogP contribution in [0.4, 0.5) is 0 Å². The van der Waals surface area contributed by atoms with Gasteiger partial charge in [-0.3, -0.25) is 13.4 Å². The predicted molar refractivity (Wildman–Crippen MR) is 89.4 cm³/mol. The number of pyridine rings is 1. The maximum absolute atomic E-state index is 12.2. The summed E-state index contributed by atoms with van der Waals surface area (Å²) in [6.45, 7) is 0. The number of hydrogen-bond acceptors (Lipinski definition) is 3. The van der Waals surface area contributed by atoms with Crippen LogP contribution in [0.25, 0.3) is 5.65 Å². The van der Waals surface area contributed by atoms with Gasteiger partial charge in [0.15, 0.2) is 0 Å². The lowest BCUT2D eigenvalue weighted by atomic mass is 10.0. The minimum Gasteiger partial charge on any atom is -0.269 e. The molecule has 1 atom stereocenters. The zero-order valence-corrected chi connectivity index (χ0v) is 13.6. The molecule has 0 amide bonds. The highest BCUT2D eigenvalue weighted by Crippen LogP contribution is 2.28. The van der Waals surface area contributed by atoms with Crippen molar-refractivity contribution in [2.24, 2.45) is 5.92 Å². The summed E-state index contributed by atoms with van der Waals surface area (Å²) < 4.78 is 13.7. The largest absolute Gasteiger partial charge is 0.269 e. The molecule has 3 rings (SSSR count). The molecular formula is C17H22N2O2S. The average Bonchev–Trinajstić information content (AvgIpc) is 3.00. The molecule has 4 nitrogen and oxygen atoms in total. The molecule has 1 aliphatic rings. The zero-order valence-electron chi connectivity index (χ0n) is 12.7. The van der Waals surface area contributed by atoms with Crippen molar-refractivity contribution in [1.82, 2.24) is 9.38 Å². The molecule has 5 heteroatoms. The van der Waals surface area contributed by atoms with Crippen LogP contribution < -0.4 is 5.56 Å². The number of rotatable bonds is 6. The van der Waals surface area contributed by atoms with Crippen LogP contribution in [0.3, 0.4) is 0 Å². The fourth-order valence-corrected chi connectivity index (χ4v) is 4.36. The summed E-state index contributed by atoms with van der Waals surface area (Å²) in [4.78, 5) is 16.4. The van der Waals surface area contributed by atoms with Gasteiger partial charge in [-0.1, -0.05) is 31.7 Å². The van der Waals surface area contributed by atoms with Gasteiger partial charge in [-0.25, -0.2) is 4.98 Å². The Balaban J connectivity index is 1.58. The second-order valence-electron chi connectivity index (χ2n) is 6.10. The predicted octanol–water partition coefficient (Wildman–Crippen LogP) is 2.91. The summed E-state index contributed by atoms with van der Waals surface area (Å²) in [7, 11) is -0.933. The van der Waals surface area contributed by atoms with E-state index in [0.717, 1.165) is 12.3 Å². The van der Waals surface area contributed by atoms with E-state index in [0.29, 0.717) is 22.8 Å². The topological polar surface area (TPSA) is 51.4 Å². The molecule has 1 fully saturated rings. The van der Waals surface area contributed by atoms with E-state index in [1.807, 2.05) is 6.07 Å². The average molecular weight is 318 g/mol. The maximum atomic E-state index is 12.2. The molecule has 1 aliphatic carbocycles. The third-order valence-corrected chi connectivity index (χ3v) is 5.75. The van der Waals surface area contributed by atoms with E-state index >= 15 is 0 Å². The van der Waals surface area contributed by atoms with Crippen molar-refractivity contribution >= 4 is 16.4 Å². The molecule has 2 heterocycles. The lowest BCUT2D eigenvalue weighted by Gasteiger charge is -2.08. The summed E-state index contributed by atoms with van der Waals surface area (Å²) in [5, 5.41) is 0. The van der Waals surface area contributed by atoms with Crippen molar-refractivity contribution in [2.45, 2.75) is 44.3 Å². The first-order valence-electron chi connectivity index (χ1n) is 8.05. The Morgan fingerprint density at radius 1 is 1.27 bits per heavy atom. The fourth-order valence-electron chi connectivity index (χ4n) is 3.25. The second-order valence-corrected chi connectivity index (χ2v) is 7.67. The molecule has 0 saturated heterocycles. The van der Waals surface area contributed by atoms with Crippen LogP contribution >= 0.6 is 0 Å². The summed E-state index contributed by atoms with van der Waals surface area (Å²) in [6.07, 6.45) is 9.32. The van der Waals surface area contributed by atoms with Crippen molar-refractivity contribution in [2.75, 3.05) is 5.75 Å². The first-order chi connectivity index (χ1) is 10.7. The molecule has 1 saturated carbocycles. The fraction of sp³-hybridized carbons (Fsp3) is 0.529. The smallest absolute Gasteiger partial charge is 0.258 e. The van der Waals surface area contributed by atoms with Crippen molar-refractivity contribution < 1.29 is 4.21 Å². The van der Waals surface area contributed by atoms with Crippen molar-refractivity contribution in [3.8, 4) is 0 Å². The van der Waals surface area contributed by atoms with Gasteiger partial charge >= 0.3 is 0 Å². The van der Waals surface area contributed by atoms with E-state index in [-0.39, 0.29) is 5.56 Å². The molecule has 0 unspecified atom stereocenters. The highest BCUT2D eigenvalue weighted by molar-refractivity contribution is 7.84. The minimum absolute atomic E-state index is 0.108. The highest BCUT2D eigenvalue weighted by atomic mass is 32.2. The van der Waals surface area contributed by atoms with E-state index in [2.05, 4.69) is 4.98 Å². The molecule has 0 bridgehead atoms. The Kier molecular flexibility index (Phi) is 5.03. The number of aromatic nitrogens is 2. The van der Waals surface area contributed by atoms with Crippen molar-refractivity contribution in [3.05, 3.63) is 46.5 Å². The molecule has 22 heavy (non-hydrogen) atoms. The van der Waals surface area contributed by atoms with E-state index in [9.17, 15) is 9.00 Å². The van der Waals surface area contributed by atoms with Crippen LogP contribution in [0.2, 0.25) is 0 Å². The van der Waals surface area contributed by atoms with E-state index < -0.39 is 10.8 Å². The Morgan fingerprint density at radius 3 is 2.91 bits per heavy atom. The molecule has 118 valence electrons. The summed E-state index contributed by atoms with van der Waals surface area (Å²) in [5.74, 6) is 1.94. The van der Waals surface area contributed by atoms with E-state index in [4.69, 9.17) is 0 Å². The number of fused-ring (bicyclic) bond motifs is 1. The maximum Gasteiger partial charge on any atom is 0.258 e. The van der Waals surface area contributed by atoms with Gasteiger partial charge in [0.05, 0.1) is 11.4 Å². The third-order valence-electron chi connectivity index (χ3n) is 4.39. The van der Waals surface area contributed by atoms with Crippen molar-refractivity contribution in [1.29, 1.82) is 0 Å². The first kappa shape index (κ1) is 15.4. The third kappa shape index (κ3) is 3.83. The normalized spacial score (nSPS) is 17.1. The van der Waals surface area contributed by atoms with Crippen molar-refractivity contribution in [3.63, 3.8) is 0 Å². The van der Waals surface area contributed by atoms with Gasteiger partial charge < -0.3 is 0 Å². The quantitative estimate of drug-likeness (QED) is 0.823. The molecular weight excluding hydrogens is 296 g/mol. The first-order valence-corrected chi connectivity index (χ1v) is 9.53. The Morgan fingerprint density at radius 2 is 2.09 bits per heavy atom. The lowest BCUT2D eigenvalue weighted by Crippen LogP contribution is -2.16. The Bertz CT molecular complexity index is 720.